The third kappa shape index (κ3) is 3.83. The van der Waals surface area contributed by atoms with Gasteiger partial charge in [-0.25, -0.2) is 0 Å². The lowest BCUT2D eigenvalue weighted by molar-refractivity contribution is 0.455. The average Bonchev–Trinajstić information content (AvgIpc) is 2.45. The summed E-state index contributed by atoms with van der Waals surface area (Å²) in [6, 6.07) is 15.4. The fourth-order valence-corrected chi connectivity index (χ4v) is 3.71. The first kappa shape index (κ1) is 16.0. The highest BCUT2D eigenvalue weighted by atomic mass is 35.5. The summed E-state index contributed by atoms with van der Waals surface area (Å²) in [5.74, 6) is -0.556. The van der Waals surface area contributed by atoms with Crippen LogP contribution in [0.5, 0.6) is 0 Å². The number of rotatable bonds is 5. The van der Waals surface area contributed by atoms with Crippen LogP contribution in [0.4, 0.5) is 0 Å². The second-order valence-electron chi connectivity index (χ2n) is 4.74. The van der Waals surface area contributed by atoms with Crippen molar-refractivity contribution in [1.82, 2.24) is 0 Å². The predicted octanol–water partition coefficient (Wildman–Crippen LogP) is 3.01. The molecule has 2 atom stereocenters. The summed E-state index contributed by atoms with van der Waals surface area (Å²) in [6.07, 6.45) is 0. The largest absolute Gasteiger partial charge is 0.330 e. The minimum atomic E-state index is -4.30. The van der Waals surface area contributed by atoms with Crippen molar-refractivity contribution in [2.24, 2.45) is 5.73 Å². The van der Waals surface area contributed by atoms with E-state index in [1.54, 1.807) is 54.6 Å². The Balaban J connectivity index is 2.51. The van der Waals surface area contributed by atoms with Gasteiger partial charge in [-0.2, -0.15) is 8.42 Å². The van der Waals surface area contributed by atoms with Gasteiger partial charge in [0.25, 0.3) is 10.1 Å². The lowest BCUT2D eigenvalue weighted by atomic mass is 9.91. The van der Waals surface area contributed by atoms with Crippen LogP contribution < -0.4 is 5.73 Å². The number of halogens is 1. The van der Waals surface area contributed by atoms with Crippen LogP contribution >= 0.6 is 11.6 Å². The van der Waals surface area contributed by atoms with E-state index >= 15 is 0 Å². The zero-order chi connectivity index (χ0) is 15.5. The molecular weight excluding hydrogens is 310 g/mol. The van der Waals surface area contributed by atoms with Crippen LogP contribution in [-0.2, 0) is 10.1 Å². The van der Waals surface area contributed by atoms with Gasteiger partial charge in [-0.05, 0) is 23.3 Å². The van der Waals surface area contributed by atoms with Gasteiger partial charge < -0.3 is 5.73 Å². The molecule has 0 aliphatic heterocycles. The van der Waals surface area contributed by atoms with E-state index in [1.165, 1.54) is 0 Å². The Kier molecular flexibility index (Phi) is 5.00. The van der Waals surface area contributed by atoms with E-state index in [9.17, 15) is 13.0 Å². The van der Waals surface area contributed by atoms with Crippen molar-refractivity contribution in [2.75, 3.05) is 6.54 Å². The van der Waals surface area contributed by atoms with Crippen LogP contribution in [0, 0.1) is 0 Å². The predicted molar refractivity (Wildman–Crippen MR) is 84.0 cm³/mol. The van der Waals surface area contributed by atoms with Gasteiger partial charge in [0.1, 0.15) is 5.25 Å². The molecule has 2 aromatic rings. The van der Waals surface area contributed by atoms with Crippen LogP contribution in [0.3, 0.4) is 0 Å². The number of benzene rings is 2. The Morgan fingerprint density at radius 3 is 2.05 bits per heavy atom. The quantitative estimate of drug-likeness (QED) is 0.828. The standard InChI is InChI=1S/C15H16ClNO3S/c16-13-8-6-11(7-9-13)14(10-17)15(21(18,19)20)12-4-2-1-3-5-12/h1-9,14-15H,10,17H2,(H,18,19,20). The highest BCUT2D eigenvalue weighted by Gasteiger charge is 2.33. The highest BCUT2D eigenvalue weighted by Crippen LogP contribution is 2.36. The fourth-order valence-electron chi connectivity index (χ4n) is 2.40. The maximum atomic E-state index is 11.8. The first-order valence-corrected chi connectivity index (χ1v) is 8.28. The Hall–Kier alpha value is -1.40. The molecule has 0 bridgehead atoms. The third-order valence-corrected chi connectivity index (χ3v) is 4.86. The summed E-state index contributed by atoms with van der Waals surface area (Å²) in [5, 5.41) is -0.553. The Labute approximate surface area is 129 Å². The number of hydrogen-bond acceptors (Lipinski definition) is 3. The number of nitrogens with two attached hydrogens (primary N) is 1. The van der Waals surface area contributed by atoms with E-state index in [0.29, 0.717) is 16.1 Å². The van der Waals surface area contributed by atoms with Crippen LogP contribution in [0.1, 0.15) is 22.3 Å². The summed E-state index contributed by atoms with van der Waals surface area (Å²) >= 11 is 5.85. The van der Waals surface area contributed by atoms with E-state index in [-0.39, 0.29) is 6.54 Å². The molecule has 0 aliphatic carbocycles. The lowest BCUT2D eigenvalue weighted by Gasteiger charge is -2.24. The second-order valence-corrected chi connectivity index (χ2v) is 6.71. The molecule has 0 saturated carbocycles. The van der Waals surface area contributed by atoms with Crippen molar-refractivity contribution in [3.8, 4) is 0 Å². The molecule has 21 heavy (non-hydrogen) atoms. The molecule has 6 heteroatoms. The highest BCUT2D eigenvalue weighted by molar-refractivity contribution is 7.86. The Bertz CT molecular complexity index is 687. The van der Waals surface area contributed by atoms with Crippen LogP contribution in [0.2, 0.25) is 5.02 Å². The van der Waals surface area contributed by atoms with E-state index in [1.807, 2.05) is 0 Å². The molecule has 0 aromatic heterocycles. The molecular formula is C15H16ClNO3S. The summed E-state index contributed by atoms with van der Waals surface area (Å²) in [6.45, 7) is 0.0843. The maximum Gasteiger partial charge on any atom is 0.272 e. The van der Waals surface area contributed by atoms with E-state index in [4.69, 9.17) is 17.3 Å². The van der Waals surface area contributed by atoms with Gasteiger partial charge in [-0.1, -0.05) is 54.1 Å². The van der Waals surface area contributed by atoms with Gasteiger partial charge in [0.05, 0.1) is 0 Å². The Morgan fingerprint density at radius 2 is 1.57 bits per heavy atom. The molecule has 4 nitrogen and oxygen atoms in total. The molecule has 112 valence electrons. The van der Waals surface area contributed by atoms with E-state index < -0.39 is 21.3 Å². The van der Waals surface area contributed by atoms with Gasteiger partial charge >= 0.3 is 0 Å². The van der Waals surface area contributed by atoms with Crippen molar-refractivity contribution >= 4 is 21.7 Å². The summed E-state index contributed by atoms with van der Waals surface area (Å²) in [5.41, 5.74) is 6.99. The molecule has 2 rings (SSSR count). The lowest BCUT2D eigenvalue weighted by Crippen LogP contribution is -2.26. The molecule has 3 N–H and O–H groups in total. The van der Waals surface area contributed by atoms with Gasteiger partial charge in [0.15, 0.2) is 0 Å². The molecule has 0 saturated heterocycles. The van der Waals surface area contributed by atoms with Crippen molar-refractivity contribution in [1.29, 1.82) is 0 Å². The molecule has 0 fully saturated rings. The Morgan fingerprint density at radius 1 is 1.00 bits per heavy atom. The summed E-state index contributed by atoms with van der Waals surface area (Å²) in [4.78, 5) is 0. The van der Waals surface area contributed by atoms with Gasteiger partial charge in [0, 0.05) is 17.5 Å². The maximum absolute atomic E-state index is 11.8. The van der Waals surface area contributed by atoms with Crippen molar-refractivity contribution in [2.45, 2.75) is 11.2 Å². The van der Waals surface area contributed by atoms with Crippen molar-refractivity contribution < 1.29 is 13.0 Å². The molecule has 0 aliphatic rings. The van der Waals surface area contributed by atoms with Crippen LogP contribution in [0.15, 0.2) is 54.6 Å². The van der Waals surface area contributed by atoms with E-state index in [2.05, 4.69) is 0 Å². The van der Waals surface area contributed by atoms with Gasteiger partial charge in [-0.3, -0.25) is 4.55 Å². The van der Waals surface area contributed by atoms with Gasteiger partial charge in [0.2, 0.25) is 0 Å². The summed E-state index contributed by atoms with van der Waals surface area (Å²) < 4.78 is 33.3. The van der Waals surface area contributed by atoms with Crippen LogP contribution in [0.25, 0.3) is 0 Å². The monoisotopic (exact) mass is 325 g/mol. The average molecular weight is 326 g/mol. The minimum absolute atomic E-state index is 0.0843. The minimum Gasteiger partial charge on any atom is -0.330 e. The fraction of sp³-hybridized carbons (Fsp3) is 0.200. The molecule has 0 heterocycles. The first-order chi connectivity index (χ1) is 9.93. The second kappa shape index (κ2) is 6.58. The number of hydrogen-bond donors (Lipinski definition) is 2. The van der Waals surface area contributed by atoms with Gasteiger partial charge in [-0.15, -0.1) is 0 Å². The molecule has 0 radical (unpaired) electrons. The molecule has 0 amide bonds. The molecule has 0 spiro atoms. The zero-order valence-corrected chi connectivity index (χ0v) is 12.8. The zero-order valence-electron chi connectivity index (χ0n) is 11.2. The summed E-state index contributed by atoms with van der Waals surface area (Å²) in [7, 11) is -4.30. The topological polar surface area (TPSA) is 80.4 Å². The van der Waals surface area contributed by atoms with Crippen molar-refractivity contribution in [3.05, 3.63) is 70.7 Å². The normalized spacial score (nSPS) is 14.6. The van der Waals surface area contributed by atoms with Crippen molar-refractivity contribution in [3.63, 3.8) is 0 Å². The van der Waals surface area contributed by atoms with Crippen LogP contribution in [-0.4, -0.2) is 19.5 Å². The molecule has 2 unspecified atom stereocenters. The molecule has 2 aromatic carbocycles. The van der Waals surface area contributed by atoms with E-state index in [0.717, 1.165) is 0 Å². The third-order valence-electron chi connectivity index (χ3n) is 3.37. The smallest absolute Gasteiger partial charge is 0.272 e. The first-order valence-electron chi connectivity index (χ1n) is 6.40. The SMILES string of the molecule is NCC(c1ccc(Cl)cc1)C(c1ccccc1)S(=O)(=O)O.